The van der Waals surface area contributed by atoms with Gasteiger partial charge >= 0.3 is 0 Å². The van der Waals surface area contributed by atoms with Gasteiger partial charge in [0.15, 0.2) is 11.5 Å². The van der Waals surface area contributed by atoms with E-state index in [9.17, 15) is 4.79 Å². The van der Waals surface area contributed by atoms with Gasteiger partial charge < -0.3 is 14.8 Å². The fourth-order valence-electron chi connectivity index (χ4n) is 2.41. The molecule has 0 aliphatic carbocycles. The molecule has 2 aromatic carbocycles. The maximum absolute atomic E-state index is 12.1. The number of carbonyl (C=O) groups excluding carboxylic acids is 1. The Bertz CT molecular complexity index is 827. The lowest BCUT2D eigenvalue weighted by molar-refractivity contribution is -0.120. The van der Waals surface area contributed by atoms with E-state index in [-0.39, 0.29) is 12.3 Å². The van der Waals surface area contributed by atoms with Gasteiger partial charge in [-0.25, -0.2) is 4.98 Å². The van der Waals surface area contributed by atoms with Gasteiger partial charge in [-0.3, -0.25) is 4.79 Å². The molecule has 0 fully saturated rings. The minimum absolute atomic E-state index is 0.0542. The predicted molar refractivity (Wildman–Crippen MR) is 94.7 cm³/mol. The van der Waals surface area contributed by atoms with Gasteiger partial charge in [-0.15, -0.1) is 11.3 Å². The highest BCUT2D eigenvalue weighted by Crippen LogP contribution is 2.27. The molecule has 0 radical (unpaired) electrons. The molecule has 1 heterocycles. The normalized spacial score (nSPS) is 10.6. The molecule has 5 nitrogen and oxygen atoms in total. The van der Waals surface area contributed by atoms with Crippen molar-refractivity contribution in [2.75, 3.05) is 14.2 Å². The molecule has 3 aromatic rings. The Morgan fingerprint density at radius 3 is 2.67 bits per heavy atom. The summed E-state index contributed by atoms with van der Waals surface area (Å²) in [6.45, 7) is 0.436. The van der Waals surface area contributed by atoms with Crippen molar-refractivity contribution in [1.29, 1.82) is 0 Å². The van der Waals surface area contributed by atoms with E-state index in [1.165, 1.54) is 0 Å². The Morgan fingerprint density at radius 1 is 1.12 bits per heavy atom. The van der Waals surface area contributed by atoms with Crippen molar-refractivity contribution in [2.45, 2.75) is 13.0 Å². The summed E-state index contributed by atoms with van der Waals surface area (Å²) in [7, 11) is 3.16. The first-order valence-electron chi connectivity index (χ1n) is 7.51. The zero-order valence-electron chi connectivity index (χ0n) is 13.5. The van der Waals surface area contributed by atoms with Crippen molar-refractivity contribution in [3.05, 3.63) is 53.0 Å². The number of fused-ring (bicyclic) bond motifs is 1. The summed E-state index contributed by atoms with van der Waals surface area (Å²) in [5.74, 6) is 1.21. The molecule has 1 N–H and O–H groups in total. The molecule has 0 atom stereocenters. The number of benzene rings is 2. The molecule has 24 heavy (non-hydrogen) atoms. The molecule has 3 rings (SSSR count). The quantitative estimate of drug-likeness (QED) is 0.747. The molecule has 1 amide bonds. The second kappa shape index (κ2) is 7.31. The van der Waals surface area contributed by atoms with Crippen LogP contribution in [-0.2, 0) is 17.8 Å². The largest absolute Gasteiger partial charge is 0.493 e. The van der Waals surface area contributed by atoms with E-state index >= 15 is 0 Å². The predicted octanol–water partition coefficient (Wildman–Crippen LogP) is 3.17. The van der Waals surface area contributed by atoms with Gasteiger partial charge in [0.1, 0.15) is 5.01 Å². The summed E-state index contributed by atoms with van der Waals surface area (Å²) >= 11 is 1.59. The van der Waals surface area contributed by atoms with Crippen LogP contribution in [0.1, 0.15) is 10.6 Å². The summed E-state index contributed by atoms with van der Waals surface area (Å²) in [5, 5.41) is 3.81. The van der Waals surface area contributed by atoms with Crippen LogP contribution in [0.2, 0.25) is 0 Å². The molecule has 0 unspecified atom stereocenters. The molecule has 0 spiro atoms. The number of thiazole rings is 1. The Hall–Kier alpha value is -2.60. The molecule has 6 heteroatoms. The number of para-hydroxylation sites is 1. The van der Waals surface area contributed by atoms with Gasteiger partial charge in [-0.05, 0) is 29.8 Å². The number of aromatic nitrogens is 1. The summed E-state index contributed by atoms with van der Waals surface area (Å²) < 4.78 is 11.6. The van der Waals surface area contributed by atoms with Gasteiger partial charge in [0.05, 0.1) is 37.4 Å². The van der Waals surface area contributed by atoms with E-state index in [2.05, 4.69) is 10.3 Å². The Kier molecular flexibility index (Phi) is 4.96. The second-order valence-corrected chi connectivity index (χ2v) is 6.33. The van der Waals surface area contributed by atoms with Gasteiger partial charge in [0, 0.05) is 0 Å². The van der Waals surface area contributed by atoms with Crippen LogP contribution in [0.4, 0.5) is 0 Å². The van der Waals surface area contributed by atoms with Crippen LogP contribution < -0.4 is 14.8 Å². The van der Waals surface area contributed by atoms with Crippen molar-refractivity contribution in [3.8, 4) is 11.5 Å². The zero-order valence-corrected chi connectivity index (χ0v) is 14.4. The van der Waals surface area contributed by atoms with E-state index in [1.54, 1.807) is 31.6 Å². The lowest BCUT2D eigenvalue weighted by atomic mass is 10.1. The average molecular weight is 342 g/mol. The topological polar surface area (TPSA) is 60.5 Å². The third-order valence-corrected chi connectivity index (χ3v) is 4.62. The van der Waals surface area contributed by atoms with Gasteiger partial charge in [0.2, 0.25) is 5.91 Å². The van der Waals surface area contributed by atoms with Crippen LogP contribution in [-0.4, -0.2) is 25.1 Å². The number of carbonyl (C=O) groups is 1. The minimum atomic E-state index is -0.0542. The Balaban J connectivity index is 1.61. The molecule has 0 aliphatic rings. The third kappa shape index (κ3) is 3.65. The van der Waals surface area contributed by atoms with E-state index in [0.717, 1.165) is 20.8 Å². The molecular formula is C18H18N2O3S. The van der Waals surface area contributed by atoms with Gasteiger partial charge in [0.25, 0.3) is 0 Å². The van der Waals surface area contributed by atoms with Gasteiger partial charge in [-0.2, -0.15) is 0 Å². The molecular weight excluding hydrogens is 324 g/mol. The fraction of sp³-hybridized carbons (Fsp3) is 0.222. The monoisotopic (exact) mass is 342 g/mol. The number of ether oxygens (including phenoxy) is 2. The number of nitrogens with zero attached hydrogens (tertiary/aromatic N) is 1. The van der Waals surface area contributed by atoms with Crippen LogP contribution in [0, 0.1) is 0 Å². The smallest absolute Gasteiger partial charge is 0.224 e. The van der Waals surface area contributed by atoms with Crippen LogP contribution in [0.25, 0.3) is 10.2 Å². The highest BCUT2D eigenvalue weighted by Gasteiger charge is 2.09. The number of amides is 1. The van der Waals surface area contributed by atoms with Crippen molar-refractivity contribution in [3.63, 3.8) is 0 Å². The first-order chi connectivity index (χ1) is 11.7. The Labute approximate surface area is 144 Å². The molecule has 0 saturated carbocycles. The Morgan fingerprint density at radius 2 is 1.92 bits per heavy atom. The maximum atomic E-state index is 12.1. The van der Waals surface area contributed by atoms with Crippen LogP contribution >= 0.6 is 11.3 Å². The zero-order chi connectivity index (χ0) is 16.9. The fourth-order valence-corrected chi connectivity index (χ4v) is 3.32. The highest BCUT2D eigenvalue weighted by atomic mass is 32.1. The average Bonchev–Trinajstić information content (AvgIpc) is 3.03. The lowest BCUT2D eigenvalue weighted by Gasteiger charge is -2.09. The maximum Gasteiger partial charge on any atom is 0.224 e. The number of methoxy groups -OCH3 is 2. The van der Waals surface area contributed by atoms with Crippen LogP contribution in [0.5, 0.6) is 11.5 Å². The summed E-state index contributed by atoms with van der Waals surface area (Å²) in [6.07, 6.45) is 0.283. The number of rotatable bonds is 6. The molecule has 1 aromatic heterocycles. The van der Waals surface area contributed by atoms with Crippen molar-refractivity contribution >= 4 is 27.5 Å². The van der Waals surface area contributed by atoms with Crippen LogP contribution in [0.3, 0.4) is 0 Å². The minimum Gasteiger partial charge on any atom is -0.493 e. The molecule has 0 aliphatic heterocycles. The first-order valence-corrected chi connectivity index (χ1v) is 8.33. The van der Waals surface area contributed by atoms with E-state index in [0.29, 0.717) is 18.0 Å². The molecule has 0 saturated heterocycles. The number of nitrogens with one attached hydrogen (secondary N) is 1. The van der Waals surface area contributed by atoms with E-state index in [1.807, 2.05) is 36.4 Å². The summed E-state index contributed by atoms with van der Waals surface area (Å²) in [6, 6.07) is 13.4. The standard InChI is InChI=1S/C18H18N2O3S/c1-22-14-8-7-12(9-15(14)23-2)10-17(21)19-11-18-20-13-5-3-4-6-16(13)24-18/h3-9H,10-11H2,1-2H3,(H,19,21). The van der Waals surface area contributed by atoms with Gasteiger partial charge in [-0.1, -0.05) is 18.2 Å². The SMILES string of the molecule is COc1ccc(CC(=O)NCc2nc3ccccc3s2)cc1OC. The molecule has 0 bridgehead atoms. The lowest BCUT2D eigenvalue weighted by Crippen LogP contribution is -2.24. The summed E-state index contributed by atoms with van der Waals surface area (Å²) in [4.78, 5) is 16.7. The number of hydrogen-bond acceptors (Lipinski definition) is 5. The summed E-state index contributed by atoms with van der Waals surface area (Å²) in [5.41, 5.74) is 1.83. The van der Waals surface area contributed by atoms with Crippen molar-refractivity contribution < 1.29 is 14.3 Å². The molecule has 124 valence electrons. The van der Waals surface area contributed by atoms with Crippen molar-refractivity contribution in [1.82, 2.24) is 10.3 Å². The first kappa shape index (κ1) is 16.3. The number of hydrogen-bond donors (Lipinski definition) is 1. The second-order valence-electron chi connectivity index (χ2n) is 5.22. The third-order valence-electron chi connectivity index (χ3n) is 3.59. The highest BCUT2D eigenvalue weighted by molar-refractivity contribution is 7.18. The van der Waals surface area contributed by atoms with E-state index < -0.39 is 0 Å². The van der Waals surface area contributed by atoms with Crippen molar-refractivity contribution in [2.24, 2.45) is 0 Å². The van der Waals surface area contributed by atoms with Crippen LogP contribution in [0.15, 0.2) is 42.5 Å². The van der Waals surface area contributed by atoms with E-state index in [4.69, 9.17) is 9.47 Å².